The molecule has 0 aliphatic heterocycles. The highest BCUT2D eigenvalue weighted by atomic mass is 16.5. The molecule has 0 aromatic heterocycles. The Morgan fingerprint density at radius 1 is 0.906 bits per heavy atom. The number of benzene rings is 3. The van der Waals surface area contributed by atoms with Crippen molar-refractivity contribution in [3.8, 4) is 11.1 Å². The topological polar surface area (TPSA) is 55.4 Å². The van der Waals surface area contributed by atoms with Gasteiger partial charge in [-0.05, 0) is 46.7 Å². The first-order valence-electron chi connectivity index (χ1n) is 11.0. The number of carbonyl (C=O) groups is 2. The average Bonchev–Trinajstić information content (AvgIpc) is 3.12. The van der Waals surface area contributed by atoms with Crippen LogP contribution >= 0.6 is 0 Å². The normalized spacial score (nSPS) is 12.4. The monoisotopic (exact) mass is 425 g/mol. The lowest BCUT2D eigenvalue weighted by atomic mass is 9.98. The van der Waals surface area contributed by atoms with Crippen LogP contribution in [0.2, 0.25) is 0 Å². The van der Waals surface area contributed by atoms with Crippen molar-refractivity contribution < 1.29 is 14.3 Å². The third kappa shape index (κ3) is 5.14. The number of fused-ring (bicyclic) bond motifs is 3. The largest absolute Gasteiger partial charge is 0.449 e. The number of rotatable bonds is 8. The summed E-state index contributed by atoms with van der Waals surface area (Å²) in [5.41, 5.74) is 6.94. The zero-order valence-corrected chi connectivity index (χ0v) is 18.2. The van der Waals surface area contributed by atoms with Gasteiger partial charge in [0.2, 0.25) is 0 Å². The van der Waals surface area contributed by atoms with Crippen molar-refractivity contribution >= 4 is 18.0 Å². The van der Waals surface area contributed by atoms with Crippen molar-refractivity contribution in [2.75, 3.05) is 13.2 Å². The van der Waals surface area contributed by atoms with Gasteiger partial charge in [-0.2, -0.15) is 0 Å². The van der Waals surface area contributed by atoms with Gasteiger partial charge in [0.15, 0.2) is 0 Å². The maximum absolute atomic E-state index is 12.2. The highest BCUT2D eigenvalue weighted by Crippen LogP contribution is 2.44. The molecule has 0 spiro atoms. The van der Waals surface area contributed by atoms with Gasteiger partial charge in [0, 0.05) is 18.9 Å². The van der Waals surface area contributed by atoms with Crippen LogP contribution in [-0.2, 0) is 16.0 Å². The summed E-state index contributed by atoms with van der Waals surface area (Å²) in [5.74, 6) is 0.228. The molecule has 4 rings (SSSR count). The van der Waals surface area contributed by atoms with E-state index in [1.807, 2.05) is 60.7 Å². The van der Waals surface area contributed by atoms with Crippen LogP contribution in [0.3, 0.4) is 0 Å². The summed E-state index contributed by atoms with van der Waals surface area (Å²) in [4.78, 5) is 23.4. The second-order valence-corrected chi connectivity index (χ2v) is 8.06. The summed E-state index contributed by atoms with van der Waals surface area (Å²) in [6.07, 6.45) is 4.81. The Morgan fingerprint density at radius 3 is 2.16 bits per heavy atom. The summed E-state index contributed by atoms with van der Waals surface area (Å²) in [6.45, 7) is 2.43. The fourth-order valence-corrected chi connectivity index (χ4v) is 4.16. The van der Waals surface area contributed by atoms with E-state index in [0.29, 0.717) is 26.0 Å². The molecule has 0 unspecified atom stereocenters. The summed E-state index contributed by atoms with van der Waals surface area (Å²) < 4.78 is 5.55. The zero-order chi connectivity index (χ0) is 22.3. The van der Waals surface area contributed by atoms with Crippen molar-refractivity contribution in [3.05, 3.63) is 101 Å². The van der Waals surface area contributed by atoms with Crippen molar-refractivity contribution in [3.63, 3.8) is 0 Å². The number of ketones is 1. The number of hydrogen-bond donors (Lipinski definition) is 1. The molecule has 0 radical (unpaired) electrons. The molecule has 4 nitrogen and oxygen atoms in total. The molecule has 0 saturated heterocycles. The van der Waals surface area contributed by atoms with E-state index in [1.165, 1.54) is 22.3 Å². The summed E-state index contributed by atoms with van der Waals surface area (Å²) in [7, 11) is 0. The van der Waals surface area contributed by atoms with E-state index in [0.717, 1.165) is 11.1 Å². The quantitative estimate of drug-likeness (QED) is 0.467. The minimum Gasteiger partial charge on any atom is -0.449 e. The van der Waals surface area contributed by atoms with Gasteiger partial charge in [-0.3, -0.25) is 4.79 Å². The predicted octanol–water partition coefficient (Wildman–Crippen LogP) is 5.76. The molecule has 1 aliphatic carbocycles. The van der Waals surface area contributed by atoms with Gasteiger partial charge in [-0.15, -0.1) is 0 Å². The first-order valence-corrected chi connectivity index (χ1v) is 11.0. The van der Waals surface area contributed by atoms with Gasteiger partial charge >= 0.3 is 6.09 Å². The average molecular weight is 426 g/mol. The molecule has 1 N–H and O–H groups in total. The van der Waals surface area contributed by atoms with Gasteiger partial charge in [0.1, 0.15) is 12.4 Å². The SMILES string of the molecule is CC(=O)Cc1ccc(C=CCCNC(=O)OCC2c3ccccc3-c3ccccc32)cc1. The predicted molar refractivity (Wildman–Crippen MR) is 128 cm³/mol. The molecule has 162 valence electrons. The van der Waals surface area contributed by atoms with Gasteiger partial charge in [-0.25, -0.2) is 4.79 Å². The Labute approximate surface area is 188 Å². The molecule has 0 saturated carbocycles. The Hall–Kier alpha value is -3.66. The fraction of sp³-hybridized carbons (Fsp3) is 0.214. The van der Waals surface area contributed by atoms with E-state index in [9.17, 15) is 9.59 Å². The lowest BCUT2D eigenvalue weighted by molar-refractivity contribution is -0.116. The van der Waals surface area contributed by atoms with Crippen LogP contribution in [0.25, 0.3) is 17.2 Å². The maximum Gasteiger partial charge on any atom is 0.407 e. The van der Waals surface area contributed by atoms with Crippen LogP contribution in [0.5, 0.6) is 0 Å². The van der Waals surface area contributed by atoms with E-state index < -0.39 is 6.09 Å². The van der Waals surface area contributed by atoms with Gasteiger partial charge in [0.05, 0.1) is 0 Å². The second-order valence-electron chi connectivity index (χ2n) is 8.06. The van der Waals surface area contributed by atoms with E-state index in [1.54, 1.807) is 6.92 Å². The number of nitrogens with one attached hydrogen (secondary N) is 1. The van der Waals surface area contributed by atoms with Crippen LogP contribution in [0, 0.1) is 0 Å². The minimum atomic E-state index is -0.395. The molecule has 0 atom stereocenters. The fourth-order valence-electron chi connectivity index (χ4n) is 4.16. The van der Waals surface area contributed by atoms with Gasteiger partial charge in [-0.1, -0.05) is 84.9 Å². The molecule has 1 amide bonds. The zero-order valence-electron chi connectivity index (χ0n) is 18.2. The summed E-state index contributed by atoms with van der Waals surface area (Å²) in [5, 5.41) is 2.82. The van der Waals surface area contributed by atoms with E-state index in [-0.39, 0.29) is 11.7 Å². The smallest absolute Gasteiger partial charge is 0.407 e. The van der Waals surface area contributed by atoms with Crippen molar-refractivity contribution in [1.29, 1.82) is 0 Å². The molecule has 1 aliphatic rings. The summed E-state index contributed by atoms with van der Waals surface area (Å²) in [6, 6.07) is 24.5. The Kier molecular flexibility index (Phi) is 6.81. The maximum atomic E-state index is 12.2. The van der Waals surface area contributed by atoms with Gasteiger partial charge in [0.25, 0.3) is 0 Å². The van der Waals surface area contributed by atoms with E-state index in [2.05, 4.69) is 29.6 Å². The highest BCUT2D eigenvalue weighted by Gasteiger charge is 2.28. The van der Waals surface area contributed by atoms with Crippen LogP contribution in [0.4, 0.5) is 4.79 Å². The number of hydrogen-bond acceptors (Lipinski definition) is 3. The standard InChI is InChI=1S/C28H27NO3/c1-20(30)18-22-15-13-21(14-16-22)8-6-7-17-29-28(31)32-19-27-25-11-4-2-9-23(25)24-10-3-5-12-26(24)27/h2-6,8-16,27H,7,17-19H2,1H3,(H,29,31). The van der Waals surface area contributed by atoms with Crippen molar-refractivity contribution in [2.24, 2.45) is 0 Å². The number of alkyl carbamates (subject to hydrolysis) is 1. The lowest BCUT2D eigenvalue weighted by Gasteiger charge is -2.14. The first-order chi connectivity index (χ1) is 15.6. The molecule has 32 heavy (non-hydrogen) atoms. The van der Waals surface area contributed by atoms with Crippen LogP contribution in [0.1, 0.15) is 41.5 Å². The lowest BCUT2D eigenvalue weighted by Crippen LogP contribution is -2.26. The minimum absolute atomic E-state index is 0.0685. The molecule has 3 aromatic carbocycles. The number of amides is 1. The van der Waals surface area contributed by atoms with Crippen LogP contribution < -0.4 is 5.32 Å². The molecule has 0 bridgehead atoms. The molecular weight excluding hydrogens is 398 g/mol. The van der Waals surface area contributed by atoms with Crippen LogP contribution in [0.15, 0.2) is 78.9 Å². The number of carbonyl (C=O) groups excluding carboxylic acids is 2. The second kappa shape index (κ2) is 10.1. The van der Waals surface area contributed by atoms with Crippen molar-refractivity contribution in [1.82, 2.24) is 5.32 Å². The third-order valence-electron chi connectivity index (χ3n) is 5.67. The summed E-state index contributed by atoms with van der Waals surface area (Å²) >= 11 is 0. The Balaban J connectivity index is 1.23. The molecule has 0 fully saturated rings. The van der Waals surface area contributed by atoms with Crippen LogP contribution in [-0.4, -0.2) is 25.0 Å². The Morgan fingerprint density at radius 2 is 1.53 bits per heavy atom. The first kappa shape index (κ1) is 21.6. The number of Topliss-reactive ketones (excluding diaryl/α,β-unsaturated/α-hetero) is 1. The molecule has 3 aromatic rings. The Bertz CT molecular complexity index is 1090. The number of ether oxygens (including phenoxy) is 1. The van der Waals surface area contributed by atoms with E-state index in [4.69, 9.17) is 4.74 Å². The highest BCUT2D eigenvalue weighted by molar-refractivity contribution is 5.79. The molecular formula is C28H27NO3. The third-order valence-corrected chi connectivity index (χ3v) is 5.67. The van der Waals surface area contributed by atoms with Crippen molar-refractivity contribution in [2.45, 2.75) is 25.7 Å². The molecule has 0 heterocycles. The van der Waals surface area contributed by atoms with E-state index >= 15 is 0 Å². The molecule has 4 heteroatoms. The van der Waals surface area contributed by atoms with Gasteiger partial charge < -0.3 is 10.1 Å².